The second kappa shape index (κ2) is 4.97. The number of rotatable bonds is 2. The number of aryl methyl sites for hydroxylation is 1. The Kier molecular flexibility index (Phi) is 3.64. The van der Waals surface area contributed by atoms with Crippen molar-refractivity contribution in [2.45, 2.75) is 13.3 Å². The van der Waals surface area contributed by atoms with Crippen LogP contribution in [0.5, 0.6) is 0 Å². The number of carboxylic acid groups (broad SMARTS) is 1. The molecule has 0 amide bonds. The van der Waals surface area contributed by atoms with Crippen LogP contribution in [0, 0.1) is 18.8 Å². The third-order valence-electron chi connectivity index (χ3n) is 1.89. The number of benzene rings is 1. The molecule has 0 aliphatic rings. The zero-order chi connectivity index (χ0) is 11.3. The van der Waals surface area contributed by atoms with E-state index in [2.05, 4.69) is 11.8 Å². The van der Waals surface area contributed by atoms with Gasteiger partial charge in [-0.05, 0) is 24.6 Å². The second-order valence-electron chi connectivity index (χ2n) is 3.01. The molecule has 0 aliphatic carbocycles. The highest BCUT2D eigenvalue weighted by atomic mass is 16.4. The van der Waals surface area contributed by atoms with Crippen molar-refractivity contribution in [1.82, 2.24) is 0 Å². The molecule has 0 bridgehead atoms. The summed E-state index contributed by atoms with van der Waals surface area (Å²) in [6, 6.07) is 4.74. The third-order valence-corrected chi connectivity index (χ3v) is 1.89. The first-order chi connectivity index (χ1) is 7.15. The summed E-state index contributed by atoms with van der Waals surface area (Å²) in [6.07, 6.45) is 0.875. The van der Waals surface area contributed by atoms with E-state index in [4.69, 9.17) is 5.11 Å². The average Bonchev–Trinajstić information content (AvgIpc) is 2.20. The molecule has 0 unspecified atom stereocenters. The summed E-state index contributed by atoms with van der Waals surface area (Å²) in [5, 5.41) is 8.77. The van der Waals surface area contributed by atoms with Crippen LogP contribution in [0.1, 0.15) is 27.9 Å². The lowest BCUT2D eigenvalue weighted by molar-refractivity contribution is -0.107. The molecule has 0 aliphatic heterocycles. The van der Waals surface area contributed by atoms with Crippen molar-refractivity contribution >= 4 is 12.3 Å². The number of hydrogen-bond donors (Lipinski definition) is 1. The fraction of sp³-hybridized carbons (Fsp3) is 0.167. The van der Waals surface area contributed by atoms with Gasteiger partial charge in [-0.25, -0.2) is 4.79 Å². The smallest absolute Gasteiger partial charge is 0.335 e. The van der Waals surface area contributed by atoms with Gasteiger partial charge in [0.05, 0.1) is 12.0 Å². The lowest BCUT2D eigenvalue weighted by Crippen LogP contribution is -1.97. The molecular weight excluding hydrogens is 192 g/mol. The Balaban J connectivity index is 3.07. The van der Waals surface area contributed by atoms with E-state index >= 15 is 0 Å². The summed E-state index contributed by atoms with van der Waals surface area (Å²) in [6.45, 7) is 1.84. The normalized spacial score (nSPS) is 8.87. The summed E-state index contributed by atoms with van der Waals surface area (Å²) in [5.41, 5.74) is 1.76. The van der Waals surface area contributed by atoms with Gasteiger partial charge in [0.25, 0.3) is 0 Å². The van der Waals surface area contributed by atoms with Crippen LogP contribution in [0.2, 0.25) is 0 Å². The molecule has 0 heterocycles. The van der Waals surface area contributed by atoms with Crippen LogP contribution >= 0.6 is 0 Å². The average molecular weight is 202 g/mol. The molecule has 1 aromatic rings. The summed E-state index contributed by atoms with van der Waals surface area (Å²) >= 11 is 0. The predicted octanol–water partition coefficient (Wildman–Crippen LogP) is 1.63. The van der Waals surface area contributed by atoms with Crippen LogP contribution in [-0.2, 0) is 4.79 Å². The zero-order valence-electron chi connectivity index (χ0n) is 8.28. The van der Waals surface area contributed by atoms with E-state index in [0.717, 1.165) is 5.56 Å². The van der Waals surface area contributed by atoms with Gasteiger partial charge in [0.15, 0.2) is 0 Å². The van der Waals surface area contributed by atoms with Crippen molar-refractivity contribution in [1.29, 1.82) is 0 Å². The minimum Gasteiger partial charge on any atom is -0.478 e. The van der Waals surface area contributed by atoms with Gasteiger partial charge in [-0.2, -0.15) is 0 Å². The molecule has 0 atom stereocenters. The molecule has 0 radical (unpaired) electrons. The Hall–Kier alpha value is -2.08. The molecular formula is C12H10O3. The molecule has 3 nitrogen and oxygen atoms in total. The third kappa shape index (κ3) is 2.96. The van der Waals surface area contributed by atoms with Crippen LogP contribution in [0.15, 0.2) is 18.2 Å². The lowest BCUT2D eigenvalue weighted by Gasteiger charge is -1.99. The van der Waals surface area contributed by atoms with E-state index in [0.29, 0.717) is 11.8 Å². The maximum atomic E-state index is 10.7. The molecule has 1 aromatic carbocycles. The Labute approximate surface area is 87.7 Å². The first-order valence-electron chi connectivity index (χ1n) is 4.41. The van der Waals surface area contributed by atoms with Gasteiger partial charge in [-0.3, -0.25) is 0 Å². The molecule has 0 saturated carbocycles. The number of aldehydes is 1. The van der Waals surface area contributed by atoms with E-state index in [1.165, 1.54) is 12.1 Å². The van der Waals surface area contributed by atoms with Crippen LogP contribution in [0.3, 0.4) is 0 Å². The Morgan fingerprint density at radius 1 is 1.53 bits per heavy atom. The fourth-order valence-corrected chi connectivity index (χ4v) is 1.08. The molecule has 76 valence electrons. The SMILES string of the molecule is Cc1ccc(C(=O)O)cc1C#CCC=O. The predicted molar refractivity (Wildman–Crippen MR) is 55.7 cm³/mol. The molecule has 3 heteroatoms. The van der Waals surface area contributed by atoms with Gasteiger partial charge < -0.3 is 9.90 Å². The van der Waals surface area contributed by atoms with Crippen molar-refractivity contribution in [2.24, 2.45) is 0 Å². The van der Waals surface area contributed by atoms with Crippen molar-refractivity contribution in [3.05, 3.63) is 34.9 Å². The Bertz CT molecular complexity index is 450. The summed E-state index contributed by atoms with van der Waals surface area (Å²) in [7, 11) is 0. The number of carbonyl (C=O) groups excluding carboxylic acids is 1. The van der Waals surface area contributed by atoms with Crippen LogP contribution in [0.4, 0.5) is 0 Å². The van der Waals surface area contributed by atoms with Gasteiger partial charge in [0, 0.05) is 5.56 Å². The van der Waals surface area contributed by atoms with E-state index in [1.807, 2.05) is 6.92 Å². The van der Waals surface area contributed by atoms with Crippen molar-refractivity contribution in [3.8, 4) is 11.8 Å². The highest BCUT2D eigenvalue weighted by Gasteiger charge is 2.03. The highest BCUT2D eigenvalue weighted by Crippen LogP contribution is 2.10. The van der Waals surface area contributed by atoms with E-state index in [9.17, 15) is 9.59 Å². The summed E-state index contributed by atoms with van der Waals surface area (Å²) < 4.78 is 0. The monoisotopic (exact) mass is 202 g/mol. The largest absolute Gasteiger partial charge is 0.478 e. The maximum absolute atomic E-state index is 10.7. The highest BCUT2D eigenvalue weighted by molar-refractivity contribution is 5.88. The van der Waals surface area contributed by atoms with Gasteiger partial charge in [0.1, 0.15) is 6.29 Å². The van der Waals surface area contributed by atoms with Crippen LogP contribution in [-0.4, -0.2) is 17.4 Å². The Morgan fingerprint density at radius 2 is 2.27 bits per heavy atom. The number of carboxylic acids is 1. The van der Waals surface area contributed by atoms with E-state index in [1.54, 1.807) is 6.07 Å². The molecule has 0 spiro atoms. The van der Waals surface area contributed by atoms with E-state index in [-0.39, 0.29) is 12.0 Å². The quantitative estimate of drug-likeness (QED) is 0.585. The lowest BCUT2D eigenvalue weighted by atomic mass is 10.1. The van der Waals surface area contributed by atoms with E-state index < -0.39 is 5.97 Å². The van der Waals surface area contributed by atoms with Gasteiger partial charge >= 0.3 is 5.97 Å². The first-order valence-corrected chi connectivity index (χ1v) is 4.41. The maximum Gasteiger partial charge on any atom is 0.335 e. The summed E-state index contributed by atoms with van der Waals surface area (Å²) in [5.74, 6) is 4.43. The van der Waals surface area contributed by atoms with Crippen molar-refractivity contribution < 1.29 is 14.7 Å². The Morgan fingerprint density at radius 3 is 2.87 bits per heavy atom. The minimum atomic E-state index is -0.978. The fourth-order valence-electron chi connectivity index (χ4n) is 1.08. The van der Waals surface area contributed by atoms with Gasteiger partial charge in [0.2, 0.25) is 0 Å². The van der Waals surface area contributed by atoms with Gasteiger partial charge in [-0.1, -0.05) is 17.9 Å². The summed E-state index contributed by atoms with van der Waals surface area (Å²) in [4.78, 5) is 20.7. The first kappa shape index (κ1) is 11.0. The number of aromatic carboxylic acids is 1. The zero-order valence-corrected chi connectivity index (χ0v) is 8.28. The van der Waals surface area contributed by atoms with Crippen LogP contribution < -0.4 is 0 Å². The molecule has 15 heavy (non-hydrogen) atoms. The van der Waals surface area contributed by atoms with Crippen molar-refractivity contribution in [3.63, 3.8) is 0 Å². The number of carbonyl (C=O) groups is 2. The van der Waals surface area contributed by atoms with Crippen molar-refractivity contribution in [2.75, 3.05) is 0 Å². The topological polar surface area (TPSA) is 54.4 Å². The van der Waals surface area contributed by atoms with Gasteiger partial charge in [-0.15, -0.1) is 0 Å². The molecule has 1 rings (SSSR count). The van der Waals surface area contributed by atoms with Crippen LogP contribution in [0.25, 0.3) is 0 Å². The molecule has 1 N–H and O–H groups in total. The molecule has 0 saturated heterocycles. The minimum absolute atomic E-state index is 0.163. The molecule has 0 fully saturated rings. The number of hydrogen-bond acceptors (Lipinski definition) is 2. The second-order valence-corrected chi connectivity index (χ2v) is 3.01. The molecule has 0 aromatic heterocycles. The standard InChI is InChI=1S/C12H10O3/c1-9-5-6-11(12(14)15)8-10(9)4-2-3-7-13/h5-8H,3H2,1H3,(H,14,15).